The van der Waals surface area contributed by atoms with Crippen LogP contribution in [0.15, 0.2) is 52.9 Å². The van der Waals surface area contributed by atoms with Gasteiger partial charge < -0.3 is 0 Å². The van der Waals surface area contributed by atoms with Crippen molar-refractivity contribution in [3.8, 4) is 10.6 Å². The number of aromatic nitrogens is 2. The minimum atomic E-state index is -0.341. The molecule has 0 aliphatic carbocycles. The molecule has 0 unspecified atom stereocenters. The second-order valence-electron chi connectivity index (χ2n) is 4.94. The van der Waals surface area contributed by atoms with E-state index in [-0.39, 0.29) is 5.91 Å². The standard InChI is InChI=1S/C17H16N4OS/c1-2-12-5-3-6-13(9-12)11-18-21-17(22)15-10-14(19-20-15)16-7-4-8-23-16/h3-11H,2H2,1H3,(H,19,20)(H,21,22)/b18-11+. The van der Waals surface area contributed by atoms with Crippen molar-refractivity contribution < 1.29 is 4.79 Å². The summed E-state index contributed by atoms with van der Waals surface area (Å²) in [6, 6.07) is 13.7. The van der Waals surface area contributed by atoms with Gasteiger partial charge in [-0.1, -0.05) is 37.3 Å². The van der Waals surface area contributed by atoms with Crippen LogP contribution in [0.2, 0.25) is 0 Å². The van der Waals surface area contributed by atoms with Crippen LogP contribution in [0.5, 0.6) is 0 Å². The van der Waals surface area contributed by atoms with E-state index in [9.17, 15) is 4.79 Å². The summed E-state index contributed by atoms with van der Waals surface area (Å²) in [5, 5.41) is 12.8. The largest absolute Gasteiger partial charge is 0.291 e. The predicted molar refractivity (Wildman–Crippen MR) is 92.8 cm³/mol. The summed E-state index contributed by atoms with van der Waals surface area (Å²) in [5.41, 5.74) is 5.81. The lowest BCUT2D eigenvalue weighted by atomic mass is 10.1. The number of nitrogens with zero attached hydrogens (tertiary/aromatic N) is 2. The van der Waals surface area contributed by atoms with E-state index in [1.807, 2.05) is 35.7 Å². The molecule has 116 valence electrons. The van der Waals surface area contributed by atoms with Gasteiger partial charge in [-0.25, -0.2) is 5.43 Å². The van der Waals surface area contributed by atoms with Gasteiger partial charge in [-0.3, -0.25) is 9.89 Å². The van der Waals surface area contributed by atoms with Crippen molar-refractivity contribution in [3.05, 3.63) is 64.7 Å². The zero-order valence-electron chi connectivity index (χ0n) is 12.6. The average molecular weight is 324 g/mol. The number of hydrazone groups is 1. The monoisotopic (exact) mass is 324 g/mol. The van der Waals surface area contributed by atoms with E-state index in [1.54, 1.807) is 23.6 Å². The normalized spacial score (nSPS) is 11.0. The van der Waals surface area contributed by atoms with Gasteiger partial charge in [-0.15, -0.1) is 11.3 Å². The highest BCUT2D eigenvalue weighted by Crippen LogP contribution is 2.22. The second-order valence-corrected chi connectivity index (χ2v) is 5.89. The summed E-state index contributed by atoms with van der Waals surface area (Å²) in [6.07, 6.45) is 2.59. The van der Waals surface area contributed by atoms with E-state index in [0.29, 0.717) is 5.69 Å². The van der Waals surface area contributed by atoms with Gasteiger partial charge in [0.25, 0.3) is 5.91 Å². The van der Waals surface area contributed by atoms with Gasteiger partial charge in [0.15, 0.2) is 5.69 Å². The quantitative estimate of drug-likeness (QED) is 0.557. The molecule has 2 heterocycles. The van der Waals surface area contributed by atoms with Crippen LogP contribution in [0.1, 0.15) is 28.5 Å². The molecule has 0 saturated carbocycles. The van der Waals surface area contributed by atoms with E-state index in [4.69, 9.17) is 0 Å². The Balaban J connectivity index is 1.64. The van der Waals surface area contributed by atoms with Crippen LogP contribution in [0.25, 0.3) is 10.6 Å². The van der Waals surface area contributed by atoms with Crippen molar-refractivity contribution in [2.75, 3.05) is 0 Å². The number of hydrogen-bond acceptors (Lipinski definition) is 4. The molecule has 0 radical (unpaired) electrons. The van der Waals surface area contributed by atoms with Crippen LogP contribution < -0.4 is 5.43 Å². The number of benzene rings is 1. The molecule has 2 N–H and O–H groups in total. The molecule has 0 atom stereocenters. The molecule has 0 saturated heterocycles. The SMILES string of the molecule is CCc1cccc(/C=N/NC(=O)c2cc(-c3cccs3)[nH]n2)c1. The number of rotatable bonds is 5. The first-order valence-corrected chi connectivity index (χ1v) is 8.16. The van der Waals surface area contributed by atoms with Gasteiger partial charge >= 0.3 is 0 Å². The Morgan fingerprint density at radius 3 is 3.04 bits per heavy atom. The Bertz CT molecular complexity index is 821. The molecule has 0 aliphatic rings. The number of aromatic amines is 1. The minimum Gasteiger partial charge on any atom is -0.276 e. The van der Waals surface area contributed by atoms with Crippen LogP contribution in [-0.2, 0) is 6.42 Å². The fraction of sp³-hybridized carbons (Fsp3) is 0.118. The first-order chi connectivity index (χ1) is 11.3. The highest BCUT2D eigenvalue weighted by molar-refractivity contribution is 7.13. The van der Waals surface area contributed by atoms with Crippen molar-refractivity contribution in [2.45, 2.75) is 13.3 Å². The number of thiophene rings is 1. The van der Waals surface area contributed by atoms with Gasteiger partial charge in [0.1, 0.15) is 0 Å². The maximum absolute atomic E-state index is 12.0. The predicted octanol–water partition coefficient (Wildman–Crippen LogP) is 3.46. The van der Waals surface area contributed by atoms with Crippen LogP contribution in [-0.4, -0.2) is 22.3 Å². The zero-order chi connectivity index (χ0) is 16.1. The number of H-pyrrole nitrogens is 1. The molecule has 0 aliphatic heterocycles. The second kappa shape index (κ2) is 7.02. The molecule has 6 heteroatoms. The van der Waals surface area contributed by atoms with Crippen molar-refractivity contribution in [3.63, 3.8) is 0 Å². The fourth-order valence-electron chi connectivity index (χ4n) is 2.11. The number of carbonyl (C=O) groups excluding carboxylic acids is 1. The van der Waals surface area contributed by atoms with E-state index < -0.39 is 0 Å². The van der Waals surface area contributed by atoms with Crippen molar-refractivity contribution in [2.24, 2.45) is 5.10 Å². The molecular formula is C17H16N4OS. The third kappa shape index (κ3) is 3.73. The summed E-state index contributed by atoms with van der Waals surface area (Å²) in [4.78, 5) is 13.1. The van der Waals surface area contributed by atoms with Crippen molar-refractivity contribution in [1.29, 1.82) is 0 Å². The lowest BCUT2D eigenvalue weighted by Gasteiger charge is -1.98. The molecule has 2 aromatic heterocycles. The molecular weight excluding hydrogens is 308 g/mol. The first kappa shape index (κ1) is 15.2. The summed E-state index contributed by atoms with van der Waals surface area (Å²) in [5.74, 6) is -0.341. The van der Waals surface area contributed by atoms with Crippen LogP contribution >= 0.6 is 11.3 Å². The Morgan fingerprint density at radius 2 is 2.26 bits per heavy atom. The number of amides is 1. The lowest BCUT2D eigenvalue weighted by molar-refractivity contribution is 0.0950. The molecule has 5 nitrogen and oxygen atoms in total. The lowest BCUT2D eigenvalue weighted by Crippen LogP contribution is -2.18. The maximum atomic E-state index is 12.0. The highest BCUT2D eigenvalue weighted by atomic mass is 32.1. The first-order valence-electron chi connectivity index (χ1n) is 7.28. The van der Waals surface area contributed by atoms with Crippen molar-refractivity contribution >= 4 is 23.5 Å². The summed E-state index contributed by atoms with van der Waals surface area (Å²) in [7, 11) is 0. The number of hydrogen-bond donors (Lipinski definition) is 2. The molecule has 1 amide bonds. The molecule has 3 rings (SSSR count). The molecule has 23 heavy (non-hydrogen) atoms. The van der Waals surface area contributed by atoms with Gasteiger partial charge in [0.05, 0.1) is 16.8 Å². The molecule has 1 aromatic carbocycles. The Labute approximate surface area is 138 Å². The Hall–Kier alpha value is -2.73. The van der Waals surface area contributed by atoms with Crippen LogP contribution in [0, 0.1) is 0 Å². The summed E-state index contributed by atoms with van der Waals surface area (Å²) >= 11 is 1.59. The fourth-order valence-corrected chi connectivity index (χ4v) is 2.80. The number of nitrogens with one attached hydrogen (secondary N) is 2. The minimum absolute atomic E-state index is 0.313. The average Bonchev–Trinajstić information content (AvgIpc) is 3.26. The number of carbonyl (C=O) groups is 1. The third-order valence-corrected chi connectivity index (χ3v) is 4.24. The molecule has 0 spiro atoms. The summed E-state index contributed by atoms with van der Waals surface area (Å²) in [6.45, 7) is 2.10. The van der Waals surface area contributed by atoms with Gasteiger partial charge in [0.2, 0.25) is 0 Å². The zero-order valence-corrected chi connectivity index (χ0v) is 13.4. The molecule has 3 aromatic rings. The topological polar surface area (TPSA) is 70.1 Å². The van der Waals surface area contributed by atoms with Crippen LogP contribution in [0.3, 0.4) is 0 Å². The van der Waals surface area contributed by atoms with Gasteiger partial charge in [-0.2, -0.15) is 10.2 Å². The Morgan fingerprint density at radius 1 is 1.35 bits per heavy atom. The third-order valence-electron chi connectivity index (χ3n) is 3.34. The smallest absolute Gasteiger partial charge is 0.276 e. The molecule has 0 bridgehead atoms. The van der Waals surface area contributed by atoms with E-state index in [1.165, 1.54) is 5.56 Å². The van der Waals surface area contributed by atoms with E-state index >= 15 is 0 Å². The summed E-state index contributed by atoms with van der Waals surface area (Å²) < 4.78 is 0. The number of aryl methyl sites for hydroxylation is 1. The van der Waals surface area contributed by atoms with E-state index in [0.717, 1.165) is 22.6 Å². The van der Waals surface area contributed by atoms with E-state index in [2.05, 4.69) is 33.7 Å². The maximum Gasteiger partial charge on any atom is 0.291 e. The van der Waals surface area contributed by atoms with Gasteiger partial charge in [0, 0.05) is 0 Å². The molecule has 0 fully saturated rings. The van der Waals surface area contributed by atoms with Crippen LogP contribution in [0.4, 0.5) is 0 Å². The van der Waals surface area contributed by atoms with Gasteiger partial charge in [-0.05, 0) is 35.1 Å². The van der Waals surface area contributed by atoms with Crippen molar-refractivity contribution in [1.82, 2.24) is 15.6 Å². The highest BCUT2D eigenvalue weighted by Gasteiger charge is 2.10. The Kier molecular flexibility index (Phi) is 4.63.